The van der Waals surface area contributed by atoms with Crippen molar-refractivity contribution in [3.8, 4) is 11.1 Å². The molecular weight excluding hydrogens is 372 g/mol. The minimum atomic E-state index is -0.0223. The van der Waals surface area contributed by atoms with E-state index in [9.17, 15) is 4.79 Å². The highest BCUT2D eigenvalue weighted by atomic mass is 16.1. The van der Waals surface area contributed by atoms with Crippen LogP contribution in [0.3, 0.4) is 0 Å². The smallest absolute Gasteiger partial charge is 0.259 e. The summed E-state index contributed by atoms with van der Waals surface area (Å²) in [5.74, 6) is 0.796. The van der Waals surface area contributed by atoms with Gasteiger partial charge in [-0.2, -0.15) is 0 Å². The van der Waals surface area contributed by atoms with E-state index in [0.29, 0.717) is 11.7 Å². The van der Waals surface area contributed by atoms with E-state index in [-0.39, 0.29) is 5.56 Å². The number of hydrogen-bond donors (Lipinski definition) is 0. The largest absolute Gasteiger partial charge is 0.356 e. The molecule has 0 amide bonds. The molecule has 0 N–H and O–H groups in total. The number of fused-ring (bicyclic) bond motifs is 1. The first-order valence-electron chi connectivity index (χ1n) is 11.0. The molecule has 1 fully saturated rings. The topological polar surface area (TPSA) is 40.9 Å². The van der Waals surface area contributed by atoms with Gasteiger partial charge in [0.25, 0.3) is 5.56 Å². The molecule has 0 bridgehead atoms. The van der Waals surface area contributed by atoms with Crippen LogP contribution in [0.15, 0.2) is 47.4 Å². The Bertz CT molecular complexity index is 1090. The molecule has 1 aromatic carbocycles. The van der Waals surface area contributed by atoms with Crippen LogP contribution in [0.2, 0.25) is 0 Å². The highest BCUT2D eigenvalue weighted by Crippen LogP contribution is 2.24. The molecule has 0 aliphatic carbocycles. The van der Waals surface area contributed by atoms with Crippen LogP contribution in [-0.2, 0) is 6.42 Å². The number of hydrogen-bond acceptors (Lipinski definition) is 4. The molecular formula is C25H32N4O. The summed E-state index contributed by atoms with van der Waals surface area (Å²) in [5.41, 5.74) is 5.55. The molecule has 1 saturated heterocycles. The predicted molar refractivity (Wildman–Crippen MR) is 125 cm³/mol. The van der Waals surface area contributed by atoms with Gasteiger partial charge >= 0.3 is 0 Å². The fourth-order valence-corrected chi connectivity index (χ4v) is 4.46. The SMILES string of the molecule is CCCc1ccc(-c2ccc3nc(N4CCC(N(C)C)CC4)cc(=O)n3c2)cc1C. The summed E-state index contributed by atoms with van der Waals surface area (Å²) >= 11 is 0. The molecule has 4 rings (SSSR count). The Balaban J connectivity index is 1.62. The van der Waals surface area contributed by atoms with Crippen molar-refractivity contribution < 1.29 is 0 Å². The fourth-order valence-electron chi connectivity index (χ4n) is 4.46. The molecule has 1 aliphatic heterocycles. The number of rotatable bonds is 5. The van der Waals surface area contributed by atoms with Crippen LogP contribution in [0.25, 0.3) is 16.8 Å². The lowest BCUT2D eigenvalue weighted by Crippen LogP contribution is -2.42. The first kappa shape index (κ1) is 20.6. The predicted octanol–water partition coefficient (Wildman–Crippen LogP) is 4.15. The molecule has 3 heterocycles. The first-order chi connectivity index (χ1) is 14.5. The molecule has 0 atom stereocenters. The lowest BCUT2D eigenvalue weighted by molar-refractivity contribution is 0.249. The number of benzene rings is 1. The van der Waals surface area contributed by atoms with Crippen molar-refractivity contribution in [2.45, 2.75) is 45.6 Å². The average Bonchev–Trinajstić information content (AvgIpc) is 2.75. The van der Waals surface area contributed by atoms with Gasteiger partial charge in [0.1, 0.15) is 11.5 Å². The van der Waals surface area contributed by atoms with Gasteiger partial charge in [-0.3, -0.25) is 9.20 Å². The molecule has 2 aromatic heterocycles. The minimum Gasteiger partial charge on any atom is -0.356 e. The molecule has 5 nitrogen and oxygen atoms in total. The Morgan fingerprint density at radius 1 is 1.07 bits per heavy atom. The zero-order valence-electron chi connectivity index (χ0n) is 18.6. The maximum Gasteiger partial charge on any atom is 0.259 e. The van der Waals surface area contributed by atoms with E-state index < -0.39 is 0 Å². The van der Waals surface area contributed by atoms with Crippen molar-refractivity contribution in [1.29, 1.82) is 0 Å². The summed E-state index contributed by atoms with van der Waals surface area (Å²) < 4.78 is 1.67. The van der Waals surface area contributed by atoms with Crippen molar-refractivity contribution in [1.82, 2.24) is 14.3 Å². The zero-order valence-corrected chi connectivity index (χ0v) is 18.6. The van der Waals surface area contributed by atoms with Crippen LogP contribution >= 0.6 is 0 Å². The summed E-state index contributed by atoms with van der Waals surface area (Å²) in [6.07, 6.45) is 6.36. The molecule has 0 saturated carbocycles. The number of aryl methyl sites for hydroxylation is 2. The quantitative estimate of drug-likeness (QED) is 0.640. The molecule has 0 spiro atoms. The Morgan fingerprint density at radius 2 is 1.80 bits per heavy atom. The summed E-state index contributed by atoms with van der Waals surface area (Å²) in [7, 11) is 4.27. The third-order valence-corrected chi connectivity index (χ3v) is 6.36. The second-order valence-corrected chi connectivity index (χ2v) is 8.67. The first-order valence-corrected chi connectivity index (χ1v) is 11.0. The number of aromatic nitrogens is 2. The van der Waals surface area contributed by atoms with Gasteiger partial charge in [-0.25, -0.2) is 4.98 Å². The van der Waals surface area contributed by atoms with Crippen molar-refractivity contribution >= 4 is 11.5 Å². The van der Waals surface area contributed by atoms with Gasteiger partial charge in [-0.05, 0) is 74.7 Å². The molecule has 5 heteroatoms. The third-order valence-electron chi connectivity index (χ3n) is 6.36. The number of piperidine rings is 1. The van der Waals surface area contributed by atoms with Gasteiger partial charge < -0.3 is 9.80 Å². The molecule has 0 unspecified atom stereocenters. The number of pyridine rings is 1. The fraction of sp³-hybridized carbons (Fsp3) is 0.440. The van der Waals surface area contributed by atoms with Crippen molar-refractivity contribution in [3.63, 3.8) is 0 Å². The lowest BCUT2D eigenvalue weighted by atomic mass is 9.98. The average molecular weight is 405 g/mol. The Hall–Kier alpha value is -2.66. The molecule has 1 aliphatic rings. The van der Waals surface area contributed by atoms with E-state index in [2.05, 4.69) is 62.0 Å². The van der Waals surface area contributed by atoms with Crippen LogP contribution in [-0.4, -0.2) is 47.5 Å². The third kappa shape index (κ3) is 4.12. The van der Waals surface area contributed by atoms with Crippen LogP contribution < -0.4 is 10.5 Å². The normalized spacial score (nSPS) is 15.3. The second-order valence-electron chi connectivity index (χ2n) is 8.67. The number of nitrogens with zero attached hydrogens (tertiary/aromatic N) is 4. The van der Waals surface area contributed by atoms with E-state index >= 15 is 0 Å². The summed E-state index contributed by atoms with van der Waals surface area (Å²) in [6.45, 7) is 6.24. The van der Waals surface area contributed by atoms with Crippen molar-refractivity contribution in [3.05, 3.63) is 64.1 Å². The van der Waals surface area contributed by atoms with E-state index in [1.807, 2.05) is 12.3 Å². The van der Waals surface area contributed by atoms with Crippen LogP contribution in [0.4, 0.5) is 5.82 Å². The van der Waals surface area contributed by atoms with Crippen LogP contribution in [0.1, 0.15) is 37.3 Å². The Labute approximate surface area is 179 Å². The van der Waals surface area contributed by atoms with Crippen LogP contribution in [0, 0.1) is 6.92 Å². The highest BCUT2D eigenvalue weighted by Gasteiger charge is 2.22. The van der Waals surface area contributed by atoms with Crippen LogP contribution in [0.5, 0.6) is 0 Å². The summed E-state index contributed by atoms with van der Waals surface area (Å²) in [6, 6.07) is 12.9. The molecule has 0 radical (unpaired) electrons. The van der Waals surface area contributed by atoms with Crippen molar-refractivity contribution in [2.75, 3.05) is 32.1 Å². The minimum absolute atomic E-state index is 0.0223. The van der Waals surface area contributed by atoms with Gasteiger partial charge in [0.2, 0.25) is 0 Å². The van der Waals surface area contributed by atoms with Gasteiger partial charge in [0.05, 0.1) is 0 Å². The summed E-state index contributed by atoms with van der Waals surface area (Å²) in [5, 5.41) is 0. The molecule has 30 heavy (non-hydrogen) atoms. The van der Waals surface area contributed by atoms with E-state index in [4.69, 9.17) is 4.98 Å². The van der Waals surface area contributed by atoms with Gasteiger partial charge in [-0.15, -0.1) is 0 Å². The second kappa shape index (κ2) is 8.60. The van der Waals surface area contributed by atoms with Crippen molar-refractivity contribution in [2.24, 2.45) is 0 Å². The van der Waals surface area contributed by atoms with E-state index in [1.165, 1.54) is 11.1 Å². The summed E-state index contributed by atoms with van der Waals surface area (Å²) in [4.78, 5) is 22.2. The lowest BCUT2D eigenvalue weighted by Gasteiger charge is -2.35. The highest BCUT2D eigenvalue weighted by molar-refractivity contribution is 5.66. The monoisotopic (exact) mass is 404 g/mol. The van der Waals surface area contributed by atoms with Gasteiger partial charge in [0.15, 0.2) is 0 Å². The maximum atomic E-state index is 12.9. The van der Waals surface area contributed by atoms with E-state index in [1.54, 1.807) is 10.5 Å². The number of anilines is 1. The Kier molecular flexibility index (Phi) is 5.91. The maximum absolute atomic E-state index is 12.9. The van der Waals surface area contributed by atoms with Gasteiger partial charge in [-0.1, -0.05) is 31.5 Å². The van der Waals surface area contributed by atoms with Gasteiger partial charge in [0, 0.05) is 31.4 Å². The Morgan fingerprint density at radius 3 is 2.47 bits per heavy atom. The standard InChI is InChI=1S/C25H32N4O/c1-5-6-19-7-8-20(15-18(19)2)21-9-10-23-26-24(16-25(30)29(23)17-21)28-13-11-22(12-14-28)27(3)4/h7-10,15-17,22H,5-6,11-14H2,1-4H3. The zero-order chi connectivity index (χ0) is 21.3. The molecule has 158 valence electrons. The molecule has 3 aromatic rings. The van der Waals surface area contributed by atoms with E-state index in [0.717, 1.165) is 55.7 Å².